The SMILES string of the molecule is COc1cccc(-c2cnc3c(-c4csc5ccccc45)cnn3c2)c1. The maximum Gasteiger partial charge on any atom is 0.162 e. The first kappa shape index (κ1) is 15.1. The molecule has 0 spiro atoms. The van der Waals surface area contributed by atoms with Gasteiger partial charge in [-0.05, 0) is 29.1 Å². The molecule has 5 heteroatoms. The van der Waals surface area contributed by atoms with Crippen molar-refractivity contribution in [3.8, 4) is 28.0 Å². The Bertz CT molecular complexity index is 1240. The number of benzene rings is 2. The molecule has 0 aliphatic carbocycles. The van der Waals surface area contributed by atoms with E-state index in [9.17, 15) is 0 Å². The van der Waals surface area contributed by atoms with Crippen LogP contribution in [0.2, 0.25) is 0 Å². The standard InChI is InChI=1S/C21H15N3OS/c1-25-16-6-4-5-14(9-16)15-10-22-21-18(11-23-24(21)12-15)19-13-26-20-8-3-2-7-17(19)20/h2-13H,1H3. The molecule has 0 radical (unpaired) electrons. The number of thiophene rings is 1. The van der Waals surface area contributed by atoms with E-state index in [0.29, 0.717) is 0 Å². The second kappa shape index (κ2) is 5.97. The van der Waals surface area contributed by atoms with E-state index in [1.807, 2.05) is 47.4 Å². The highest BCUT2D eigenvalue weighted by molar-refractivity contribution is 7.17. The summed E-state index contributed by atoms with van der Waals surface area (Å²) in [7, 11) is 1.67. The van der Waals surface area contributed by atoms with Crippen LogP contribution in [0, 0.1) is 0 Å². The van der Waals surface area contributed by atoms with E-state index in [4.69, 9.17) is 9.72 Å². The van der Waals surface area contributed by atoms with Gasteiger partial charge in [0.2, 0.25) is 0 Å². The van der Waals surface area contributed by atoms with E-state index in [1.165, 1.54) is 15.6 Å². The third kappa shape index (κ3) is 2.36. The lowest BCUT2D eigenvalue weighted by atomic mass is 10.1. The van der Waals surface area contributed by atoms with E-state index in [2.05, 4.69) is 34.7 Å². The Balaban J connectivity index is 1.64. The third-order valence-electron chi connectivity index (χ3n) is 4.53. The number of nitrogens with zero attached hydrogens (tertiary/aromatic N) is 3. The van der Waals surface area contributed by atoms with Gasteiger partial charge in [-0.1, -0.05) is 30.3 Å². The second-order valence-corrected chi connectivity index (χ2v) is 6.96. The number of rotatable bonds is 3. The molecule has 0 saturated heterocycles. The minimum Gasteiger partial charge on any atom is -0.497 e. The zero-order valence-electron chi connectivity index (χ0n) is 14.1. The summed E-state index contributed by atoms with van der Waals surface area (Å²) < 4.78 is 8.43. The average molecular weight is 357 g/mol. The van der Waals surface area contributed by atoms with Gasteiger partial charge in [0, 0.05) is 39.2 Å². The molecule has 5 rings (SSSR count). The van der Waals surface area contributed by atoms with Crippen molar-refractivity contribution in [3.63, 3.8) is 0 Å². The first-order valence-electron chi connectivity index (χ1n) is 8.28. The molecular weight excluding hydrogens is 342 g/mol. The topological polar surface area (TPSA) is 39.4 Å². The largest absolute Gasteiger partial charge is 0.497 e. The van der Waals surface area contributed by atoms with Crippen molar-refractivity contribution in [2.45, 2.75) is 0 Å². The van der Waals surface area contributed by atoms with Gasteiger partial charge < -0.3 is 4.74 Å². The number of aromatic nitrogens is 3. The molecule has 0 fully saturated rings. The van der Waals surface area contributed by atoms with Crippen LogP contribution >= 0.6 is 11.3 Å². The number of ether oxygens (including phenoxy) is 1. The van der Waals surface area contributed by atoms with Crippen LogP contribution in [0.1, 0.15) is 0 Å². The third-order valence-corrected chi connectivity index (χ3v) is 5.49. The molecule has 0 atom stereocenters. The van der Waals surface area contributed by atoms with Crippen molar-refractivity contribution in [1.29, 1.82) is 0 Å². The minimum atomic E-state index is 0.827. The molecule has 0 aliphatic rings. The summed E-state index contributed by atoms with van der Waals surface area (Å²) in [6, 6.07) is 16.4. The monoisotopic (exact) mass is 357 g/mol. The first-order valence-corrected chi connectivity index (χ1v) is 9.16. The average Bonchev–Trinajstić information content (AvgIpc) is 3.31. The number of fused-ring (bicyclic) bond motifs is 2. The van der Waals surface area contributed by atoms with Crippen LogP contribution in [0.5, 0.6) is 5.75 Å². The Morgan fingerprint density at radius 2 is 1.88 bits per heavy atom. The molecule has 0 saturated carbocycles. The molecule has 126 valence electrons. The predicted molar refractivity (Wildman–Crippen MR) is 106 cm³/mol. The van der Waals surface area contributed by atoms with Crippen LogP contribution in [-0.2, 0) is 0 Å². The number of hydrogen-bond donors (Lipinski definition) is 0. The van der Waals surface area contributed by atoms with E-state index in [-0.39, 0.29) is 0 Å². The van der Waals surface area contributed by atoms with Crippen molar-refractivity contribution in [2.24, 2.45) is 0 Å². The van der Waals surface area contributed by atoms with Crippen molar-refractivity contribution in [1.82, 2.24) is 14.6 Å². The quantitative estimate of drug-likeness (QED) is 0.441. The van der Waals surface area contributed by atoms with Gasteiger partial charge >= 0.3 is 0 Å². The van der Waals surface area contributed by atoms with E-state index in [0.717, 1.165) is 28.1 Å². The van der Waals surface area contributed by atoms with Crippen LogP contribution in [0.15, 0.2) is 72.5 Å². The normalized spacial score (nSPS) is 11.3. The number of hydrogen-bond acceptors (Lipinski definition) is 4. The Labute approximate surface area is 154 Å². The molecular formula is C21H15N3OS. The lowest BCUT2D eigenvalue weighted by Crippen LogP contribution is -1.92. The van der Waals surface area contributed by atoms with Crippen LogP contribution < -0.4 is 4.74 Å². The fraction of sp³-hybridized carbons (Fsp3) is 0.0476. The minimum absolute atomic E-state index is 0.827. The molecule has 0 unspecified atom stereocenters. The zero-order valence-corrected chi connectivity index (χ0v) is 14.9. The summed E-state index contributed by atoms with van der Waals surface area (Å²) >= 11 is 1.75. The smallest absolute Gasteiger partial charge is 0.162 e. The molecule has 4 nitrogen and oxygen atoms in total. The summed E-state index contributed by atoms with van der Waals surface area (Å²) in [6.45, 7) is 0. The lowest BCUT2D eigenvalue weighted by Gasteiger charge is -2.05. The van der Waals surface area contributed by atoms with Gasteiger partial charge in [-0.25, -0.2) is 9.50 Å². The highest BCUT2D eigenvalue weighted by Crippen LogP contribution is 2.35. The maximum absolute atomic E-state index is 5.32. The van der Waals surface area contributed by atoms with Crippen LogP contribution in [-0.4, -0.2) is 21.7 Å². The predicted octanol–water partition coefficient (Wildman–Crippen LogP) is 5.29. The van der Waals surface area contributed by atoms with Crippen molar-refractivity contribution in [2.75, 3.05) is 7.11 Å². The number of methoxy groups -OCH3 is 1. The van der Waals surface area contributed by atoms with Crippen molar-refractivity contribution >= 4 is 27.1 Å². The van der Waals surface area contributed by atoms with Crippen LogP contribution in [0.3, 0.4) is 0 Å². The van der Waals surface area contributed by atoms with Gasteiger partial charge in [-0.15, -0.1) is 11.3 Å². The lowest BCUT2D eigenvalue weighted by molar-refractivity contribution is 0.415. The van der Waals surface area contributed by atoms with E-state index in [1.54, 1.807) is 18.4 Å². The molecule has 3 aromatic heterocycles. The Kier molecular flexibility index (Phi) is 3.47. The van der Waals surface area contributed by atoms with Gasteiger partial charge in [0.15, 0.2) is 5.65 Å². The first-order chi connectivity index (χ1) is 12.8. The molecule has 0 N–H and O–H groups in total. The van der Waals surface area contributed by atoms with Crippen LogP contribution in [0.25, 0.3) is 38.0 Å². The zero-order chi connectivity index (χ0) is 17.5. The summed E-state index contributed by atoms with van der Waals surface area (Å²) in [5.74, 6) is 0.827. The van der Waals surface area contributed by atoms with Gasteiger partial charge in [-0.3, -0.25) is 0 Å². The molecule has 26 heavy (non-hydrogen) atoms. The van der Waals surface area contributed by atoms with Gasteiger partial charge in [0.05, 0.1) is 13.3 Å². The molecule has 3 heterocycles. The molecule has 0 aliphatic heterocycles. The van der Waals surface area contributed by atoms with Crippen molar-refractivity contribution < 1.29 is 4.74 Å². The fourth-order valence-electron chi connectivity index (χ4n) is 3.20. The Morgan fingerprint density at radius 1 is 0.962 bits per heavy atom. The Morgan fingerprint density at radius 3 is 2.81 bits per heavy atom. The maximum atomic E-state index is 5.32. The van der Waals surface area contributed by atoms with Gasteiger partial charge in [0.1, 0.15) is 5.75 Å². The second-order valence-electron chi connectivity index (χ2n) is 6.05. The Hall–Kier alpha value is -3.18. The summed E-state index contributed by atoms with van der Waals surface area (Å²) in [6.07, 6.45) is 5.80. The molecule has 0 amide bonds. The fourth-order valence-corrected chi connectivity index (χ4v) is 4.16. The molecule has 0 bridgehead atoms. The van der Waals surface area contributed by atoms with Crippen molar-refractivity contribution in [3.05, 3.63) is 72.5 Å². The highest BCUT2D eigenvalue weighted by Gasteiger charge is 2.13. The summed E-state index contributed by atoms with van der Waals surface area (Å²) in [4.78, 5) is 4.70. The summed E-state index contributed by atoms with van der Waals surface area (Å²) in [5, 5.41) is 7.96. The molecule has 5 aromatic rings. The van der Waals surface area contributed by atoms with Gasteiger partial charge in [-0.2, -0.15) is 5.10 Å². The molecule has 2 aromatic carbocycles. The van der Waals surface area contributed by atoms with E-state index < -0.39 is 0 Å². The summed E-state index contributed by atoms with van der Waals surface area (Å²) in [5.41, 5.74) is 5.15. The van der Waals surface area contributed by atoms with Crippen LogP contribution in [0.4, 0.5) is 0 Å². The highest BCUT2D eigenvalue weighted by atomic mass is 32.1. The van der Waals surface area contributed by atoms with Gasteiger partial charge in [0.25, 0.3) is 0 Å². The van der Waals surface area contributed by atoms with E-state index >= 15 is 0 Å².